The Bertz CT molecular complexity index is 476. The molecule has 0 fully saturated rings. The van der Waals surface area contributed by atoms with E-state index in [1.54, 1.807) is 6.92 Å². The van der Waals surface area contributed by atoms with Crippen LogP contribution in [0.15, 0.2) is 6.20 Å². The zero-order valence-electron chi connectivity index (χ0n) is 9.91. The molecular weight excluding hydrogens is 238 g/mol. The first-order valence-corrected chi connectivity index (χ1v) is 5.36. The van der Waals surface area contributed by atoms with E-state index in [1.807, 2.05) is 6.07 Å². The minimum atomic E-state index is -1.06. The first kappa shape index (κ1) is 13.6. The fourth-order valence-electron chi connectivity index (χ4n) is 1.36. The third-order valence-corrected chi connectivity index (χ3v) is 2.22. The van der Waals surface area contributed by atoms with Gasteiger partial charge in [-0.15, -0.1) is 5.10 Å². The lowest BCUT2D eigenvalue weighted by molar-refractivity contribution is -0.137. The molecular formula is C10H13N5O3. The maximum atomic E-state index is 11.9. The fourth-order valence-corrected chi connectivity index (χ4v) is 1.36. The Hall–Kier alpha value is -2.43. The maximum absolute atomic E-state index is 11.9. The number of aliphatic carboxylic acids is 1. The second-order valence-electron chi connectivity index (χ2n) is 3.49. The van der Waals surface area contributed by atoms with Gasteiger partial charge in [-0.1, -0.05) is 5.21 Å². The maximum Gasteiger partial charge on any atom is 0.325 e. The number of carbonyl (C=O) groups excluding carboxylic acids is 1. The number of nitrogens with zero attached hydrogens (tertiary/aromatic N) is 5. The Morgan fingerprint density at radius 3 is 2.89 bits per heavy atom. The van der Waals surface area contributed by atoms with Crippen molar-refractivity contribution in [1.29, 1.82) is 5.26 Å². The molecule has 0 spiro atoms. The summed E-state index contributed by atoms with van der Waals surface area (Å²) in [6.07, 6.45) is 1.52. The molecule has 8 nitrogen and oxygen atoms in total. The van der Waals surface area contributed by atoms with E-state index in [-0.39, 0.29) is 24.6 Å². The van der Waals surface area contributed by atoms with Crippen molar-refractivity contribution in [2.24, 2.45) is 0 Å². The number of carboxylic acids is 1. The summed E-state index contributed by atoms with van der Waals surface area (Å²) < 4.78 is 1.08. The summed E-state index contributed by atoms with van der Waals surface area (Å²) in [5.41, 5.74) is 0.0797. The largest absolute Gasteiger partial charge is 0.480 e. The Labute approximate surface area is 103 Å². The van der Waals surface area contributed by atoms with Crippen LogP contribution in [0.1, 0.15) is 23.8 Å². The highest BCUT2D eigenvalue weighted by Gasteiger charge is 2.17. The van der Waals surface area contributed by atoms with Crippen LogP contribution >= 0.6 is 0 Å². The van der Waals surface area contributed by atoms with Gasteiger partial charge in [-0.2, -0.15) is 5.26 Å². The molecule has 1 amide bonds. The number of hydrogen-bond acceptors (Lipinski definition) is 5. The van der Waals surface area contributed by atoms with Crippen molar-refractivity contribution in [2.45, 2.75) is 19.9 Å². The van der Waals surface area contributed by atoms with Crippen molar-refractivity contribution in [2.75, 3.05) is 13.1 Å². The highest BCUT2D eigenvalue weighted by Crippen LogP contribution is 2.02. The zero-order chi connectivity index (χ0) is 13.5. The highest BCUT2D eigenvalue weighted by molar-refractivity contribution is 5.91. The average Bonchev–Trinajstić information content (AvgIpc) is 2.77. The topological polar surface area (TPSA) is 112 Å². The van der Waals surface area contributed by atoms with Gasteiger partial charge in [0.25, 0.3) is 5.91 Å². The van der Waals surface area contributed by atoms with E-state index in [0.29, 0.717) is 13.1 Å². The normalized spacial score (nSPS) is 9.78. The summed E-state index contributed by atoms with van der Waals surface area (Å²) in [5.74, 6) is -1.42. The van der Waals surface area contributed by atoms with Crippen molar-refractivity contribution in [3.63, 3.8) is 0 Å². The van der Waals surface area contributed by atoms with Crippen LogP contribution in [0.3, 0.4) is 0 Å². The summed E-state index contributed by atoms with van der Waals surface area (Å²) in [4.78, 5) is 23.9. The molecule has 0 aromatic carbocycles. The molecule has 1 rings (SSSR count). The zero-order valence-corrected chi connectivity index (χ0v) is 9.91. The summed E-state index contributed by atoms with van der Waals surface area (Å²) in [7, 11) is 0. The van der Waals surface area contributed by atoms with Gasteiger partial charge in [0.15, 0.2) is 5.69 Å². The van der Waals surface area contributed by atoms with Crippen molar-refractivity contribution < 1.29 is 14.7 Å². The number of rotatable bonds is 6. The van der Waals surface area contributed by atoms with E-state index < -0.39 is 5.97 Å². The Kier molecular flexibility index (Phi) is 4.80. The van der Waals surface area contributed by atoms with Crippen molar-refractivity contribution in [1.82, 2.24) is 19.9 Å². The summed E-state index contributed by atoms with van der Waals surface area (Å²) in [6.45, 7) is 2.21. The molecule has 0 bridgehead atoms. The Balaban J connectivity index is 2.73. The van der Waals surface area contributed by atoms with Crippen LogP contribution in [-0.4, -0.2) is 50.0 Å². The van der Waals surface area contributed by atoms with Gasteiger partial charge in [-0.3, -0.25) is 9.59 Å². The van der Waals surface area contributed by atoms with Crippen molar-refractivity contribution in [3.05, 3.63) is 11.9 Å². The molecule has 96 valence electrons. The molecule has 0 saturated carbocycles. The molecule has 0 aliphatic carbocycles. The van der Waals surface area contributed by atoms with Crippen molar-refractivity contribution >= 4 is 11.9 Å². The monoisotopic (exact) mass is 251 g/mol. The summed E-state index contributed by atoms with van der Waals surface area (Å²) >= 11 is 0. The lowest BCUT2D eigenvalue weighted by Gasteiger charge is -2.17. The van der Waals surface area contributed by atoms with E-state index in [2.05, 4.69) is 10.3 Å². The lowest BCUT2D eigenvalue weighted by atomic mass is 10.3. The summed E-state index contributed by atoms with van der Waals surface area (Å²) in [5, 5.41) is 24.2. The number of hydrogen-bond donors (Lipinski definition) is 1. The number of amides is 1. The molecule has 0 aliphatic heterocycles. The molecule has 1 aromatic heterocycles. The first-order valence-electron chi connectivity index (χ1n) is 5.36. The molecule has 0 unspecified atom stereocenters. The molecule has 0 atom stereocenters. The van der Waals surface area contributed by atoms with E-state index in [4.69, 9.17) is 10.4 Å². The molecule has 1 N–H and O–H groups in total. The molecule has 0 aliphatic rings. The number of aromatic nitrogens is 3. The van der Waals surface area contributed by atoms with E-state index in [0.717, 1.165) is 4.68 Å². The van der Waals surface area contributed by atoms with Crippen LogP contribution in [0.4, 0.5) is 0 Å². The lowest BCUT2D eigenvalue weighted by Crippen LogP contribution is -2.31. The minimum absolute atomic E-state index is 0.0797. The predicted octanol–water partition coefficient (Wildman–Crippen LogP) is -0.262. The smallest absolute Gasteiger partial charge is 0.325 e. The summed E-state index contributed by atoms with van der Waals surface area (Å²) in [6, 6.07) is 1.96. The third kappa shape index (κ3) is 3.55. The third-order valence-electron chi connectivity index (χ3n) is 2.22. The Morgan fingerprint density at radius 1 is 1.61 bits per heavy atom. The van der Waals surface area contributed by atoms with Gasteiger partial charge >= 0.3 is 5.97 Å². The van der Waals surface area contributed by atoms with Gasteiger partial charge in [0.05, 0.1) is 18.7 Å². The van der Waals surface area contributed by atoms with Gasteiger partial charge in [0.1, 0.15) is 6.54 Å². The molecule has 1 heterocycles. The van der Waals surface area contributed by atoms with Gasteiger partial charge in [0, 0.05) is 13.1 Å². The second-order valence-corrected chi connectivity index (χ2v) is 3.49. The molecule has 0 saturated heterocycles. The van der Waals surface area contributed by atoms with Gasteiger partial charge in [-0.05, 0) is 6.92 Å². The van der Waals surface area contributed by atoms with E-state index in [9.17, 15) is 9.59 Å². The number of carboxylic acid groups (broad SMARTS) is 1. The van der Waals surface area contributed by atoms with Crippen LogP contribution in [0.2, 0.25) is 0 Å². The van der Waals surface area contributed by atoms with Crippen LogP contribution in [-0.2, 0) is 11.3 Å². The van der Waals surface area contributed by atoms with E-state index >= 15 is 0 Å². The fraction of sp³-hybridized carbons (Fsp3) is 0.500. The van der Waals surface area contributed by atoms with E-state index in [1.165, 1.54) is 11.1 Å². The second kappa shape index (κ2) is 6.34. The number of carbonyl (C=O) groups is 2. The average molecular weight is 251 g/mol. The first-order chi connectivity index (χ1) is 8.58. The van der Waals surface area contributed by atoms with Crippen LogP contribution in [0.25, 0.3) is 0 Å². The van der Waals surface area contributed by atoms with Crippen molar-refractivity contribution in [3.8, 4) is 6.07 Å². The van der Waals surface area contributed by atoms with Crippen LogP contribution in [0, 0.1) is 11.3 Å². The number of nitriles is 1. The SMILES string of the molecule is CCN(CCC#N)C(=O)c1cn(CC(=O)O)nn1. The molecule has 1 aromatic rings. The quantitative estimate of drug-likeness (QED) is 0.745. The standard InChI is InChI=1S/C10H13N5O3/c1-2-14(5-3-4-11)10(18)8-6-15(13-12-8)7-9(16)17/h6H,2-3,5,7H2,1H3,(H,16,17). The van der Waals surface area contributed by atoms with Crippen LogP contribution in [0.5, 0.6) is 0 Å². The minimum Gasteiger partial charge on any atom is -0.480 e. The highest BCUT2D eigenvalue weighted by atomic mass is 16.4. The molecule has 18 heavy (non-hydrogen) atoms. The predicted molar refractivity (Wildman–Crippen MR) is 59.5 cm³/mol. The molecule has 0 radical (unpaired) electrons. The van der Waals surface area contributed by atoms with Gasteiger partial charge in [0.2, 0.25) is 0 Å². The van der Waals surface area contributed by atoms with Gasteiger partial charge < -0.3 is 10.0 Å². The molecule has 8 heteroatoms. The van der Waals surface area contributed by atoms with Crippen LogP contribution < -0.4 is 0 Å². The Morgan fingerprint density at radius 2 is 2.33 bits per heavy atom. The van der Waals surface area contributed by atoms with Gasteiger partial charge in [-0.25, -0.2) is 4.68 Å².